The van der Waals surface area contributed by atoms with Crippen LogP contribution in [0.4, 0.5) is 0 Å². The summed E-state index contributed by atoms with van der Waals surface area (Å²) in [5.41, 5.74) is 1.95. The van der Waals surface area contributed by atoms with Gasteiger partial charge < -0.3 is 9.64 Å². The number of unbranched alkanes of at least 4 members (excludes halogenated alkanes) is 2. The summed E-state index contributed by atoms with van der Waals surface area (Å²) in [6, 6.07) is 7.62. The highest BCUT2D eigenvalue weighted by atomic mass is 16.5. The molecule has 0 spiro atoms. The van der Waals surface area contributed by atoms with Gasteiger partial charge in [-0.25, -0.2) is 0 Å². The monoisotopic (exact) mass is 412 g/mol. The molecule has 2 unspecified atom stereocenters. The second-order valence-corrected chi connectivity index (χ2v) is 8.92. The molecule has 2 aliphatic rings. The van der Waals surface area contributed by atoms with Gasteiger partial charge >= 0.3 is 0 Å². The van der Waals surface area contributed by atoms with E-state index in [1.807, 2.05) is 24.3 Å². The minimum absolute atomic E-state index is 0.126. The highest BCUT2D eigenvalue weighted by Gasteiger charge is 2.42. The summed E-state index contributed by atoms with van der Waals surface area (Å²) in [5, 5.41) is 0. The van der Waals surface area contributed by atoms with Crippen LogP contribution in [0, 0.1) is 11.8 Å². The summed E-state index contributed by atoms with van der Waals surface area (Å²) < 4.78 is 5.69. The zero-order valence-electron chi connectivity index (χ0n) is 18.9. The summed E-state index contributed by atoms with van der Waals surface area (Å²) in [6.07, 6.45) is 5.03. The molecule has 1 aromatic rings. The molecule has 1 fully saturated rings. The van der Waals surface area contributed by atoms with Crippen LogP contribution in [0.2, 0.25) is 0 Å². The third-order valence-corrected chi connectivity index (χ3v) is 5.93. The lowest BCUT2D eigenvalue weighted by Crippen LogP contribution is -2.42. The van der Waals surface area contributed by atoms with Crippen LogP contribution in [0.5, 0.6) is 5.75 Å². The molecule has 2 aliphatic heterocycles. The third-order valence-electron chi connectivity index (χ3n) is 5.93. The van der Waals surface area contributed by atoms with Gasteiger partial charge in [0.05, 0.1) is 12.2 Å². The van der Waals surface area contributed by atoms with Crippen molar-refractivity contribution in [2.45, 2.75) is 59.8 Å². The van der Waals surface area contributed by atoms with Crippen LogP contribution in [0.25, 0.3) is 5.57 Å². The maximum absolute atomic E-state index is 13.4. The highest BCUT2D eigenvalue weighted by molar-refractivity contribution is 6.35. The van der Waals surface area contributed by atoms with E-state index in [0.29, 0.717) is 36.3 Å². The molecular weight excluding hydrogens is 376 g/mol. The lowest BCUT2D eigenvalue weighted by Gasteiger charge is -2.37. The second kappa shape index (κ2) is 10.1. The first-order valence-electron chi connectivity index (χ1n) is 11.5. The predicted molar refractivity (Wildman–Crippen MR) is 120 cm³/mol. The van der Waals surface area contributed by atoms with Crippen molar-refractivity contribution in [3.63, 3.8) is 0 Å². The minimum atomic E-state index is -0.154. The smallest absolute Gasteiger partial charge is 0.277 e. The number of benzene rings is 1. The van der Waals surface area contributed by atoms with Crippen molar-refractivity contribution in [3.05, 3.63) is 35.5 Å². The largest absolute Gasteiger partial charge is 0.494 e. The maximum Gasteiger partial charge on any atom is 0.277 e. The quantitative estimate of drug-likeness (QED) is 0.435. The molecule has 164 valence electrons. The van der Waals surface area contributed by atoms with E-state index < -0.39 is 0 Å². The van der Waals surface area contributed by atoms with E-state index in [-0.39, 0.29) is 11.8 Å². The molecule has 1 aromatic carbocycles. The van der Waals surface area contributed by atoms with Crippen molar-refractivity contribution in [2.24, 2.45) is 11.8 Å². The fourth-order valence-corrected chi connectivity index (χ4v) is 4.62. The number of carbonyl (C=O) groups is 2. The fourth-order valence-electron chi connectivity index (χ4n) is 4.62. The van der Waals surface area contributed by atoms with Gasteiger partial charge in [-0.3, -0.25) is 14.5 Å². The number of ether oxygens (including phenoxy) is 1. The Morgan fingerprint density at radius 3 is 2.20 bits per heavy atom. The molecule has 2 amide bonds. The van der Waals surface area contributed by atoms with Gasteiger partial charge in [-0.05, 0) is 48.8 Å². The molecular formula is C25H36N2O3. The Hall–Kier alpha value is -2.30. The second-order valence-electron chi connectivity index (χ2n) is 8.92. The number of likely N-dealkylation sites (tertiary alicyclic amines) is 1. The first-order chi connectivity index (χ1) is 14.5. The Morgan fingerprint density at radius 2 is 1.60 bits per heavy atom. The molecule has 5 nitrogen and oxygen atoms in total. The van der Waals surface area contributed by atoms with Gasteiger partial charge in [-0.1, -0.05) is 52.7 Å². The average Bonchev–Trinajstić information content (AvgIpc) is 2.97. The summed E-state index contributed by atoms with van der Waals surface area (Å²) in [7, 11) is 0. The van der Waals surface area contributed by atoms with E-state index >= 15 is 0 Å². The van der Waals surface area contributed by atoms with Gasteiger partial charge in [0.2, 0.25) is 0 Å². The van der Waals surface area contributed by atoms with Gasteiger partial charge in [0, 0.05) is 19.6 Å². The first kappa shape index (κ1) is 22.4. The van der Waals surface area contributed by atoms with Crippen LogP contribution < -0.4 is 4.74 Å². The van der Waals surface area contributed by atoms with Crippen LogP contribution in [-0.4, -0.2) is 47.9 Å². The number of imide groups is 1. The molecule has 0 aliphatic carbocycles. The predicted octanol–water partition coefficient (Wildman–Crippen LogP) is 4.72. The van der Waals surface area contributed by atoms with Crippen molar-refractivity contribution in [2.75, 3.05) is 26.2 Å². The van der Waals surface area contributed by atoms with E-state index in [1.165, 1.54) is 4.90 Å². The lowest BCUT2D eigenvalue weighted by atomic mass is 9.91. The van der Waals surface area contributed by atoms with Gasteiger partial charge in [0.15, 0.2) is 0 Å². The van der Waals surface area contributed by atoms with Crippen molar-refractivity contribution in [1.82, 2.24) is 9.80 Å². The Morgan fingerprint density at radius 1 is 0.933 bits per heavy atom. The van der Waals surface area contributed by atoms with Gasteiger partial charge in [0.25, 0.3) is 11.8 Å². The number of rotatable bonds is 9. The van der Waals surface area contributed by atoms with E-state index in [9.17, 15) is 9.59 Å². The number of carbonyl (C=O) groups excluding carboxylic acids is 2. The molecule has 0 radical (unpaired) electrons. The minimum Gasteiger partial charge on any atom is -0.494 e. The Balaban J connectivity index is 1.95. The SMILES string of the molecule is CCCCCN1C(=O)C(c2ccc(OCCC)cc2)=C(N2CC(C)CC(C)C2)C1=O. The molecule has 0 N–H and O–H groups in total. The molecule has 3 rings (SSSR count). The number of amides is 2. The third kappa shape index (κ3) is 4.88. The Kier molecular flexibility index (Phi) is 7.57. The van der Waals surface area contributed by atoms with Crippen LogP contribution in [0.15, 0.2) is 30.0 Å². The standard InChI is InChI=1S/C25H36N2O3/c1-5-7-8-13-27-24(28)22(20-9-11-21(12-10-20)30-14-6-2)23(25(27)29)26-16-18(3)15-19(4)17-26/h9-12,18-19H,5-8,13-17H2,1-4H3. The number of piperidine rings is 1. The molecule has 1 saturated heterocycles. The number of hydrogen-bond acceptors (Lipinski definition) is 4. The lowest BCUT2D eigenvalue weighted by molar-refractivity contribution is -0.137. The van der Waals surface area contributed by atoms with Crippen molar-refractivity contribution in [1.29, 1.82) is 0 Å². The molecule has 0 saturated carbocycles. The topological polar surface area (TPSA) is 49.9 Å². The zero-order valence-corrected chi connectivity index (χ0v) is 18.9. The van der Waals surface area contributed by atoms with Gasteiger partial charge in [0.1, 0.15) is 11.4 Å². The fraction of sp³-hybridized carbons (Fsp3) is 0.600. The van der Waals surface area contributed by atoms with Crippen molar-refractivity contribution >= 4 is 17.4 Å². The molecule has 30 heavy (non-hydrogen) atoms. The zero-order chi connectivity index (χ0) is 21.7. The normalized spacial score (nSPS) is 22.3. The summed E-state index contributed by atoms with van der Waals surface area (Å²) in [5.74, 6) is 1.52. The molecule has 2 heterocycles. The van der Waals surface area contributed by atoms with Crippen molar-refractivity contribution in [3.8, 4) is 5.75 Å². The van der Waals surface area contributed by atoms with Crippen LogP contribution in [0.1, 0.15) is 65.4 Å². The van der Waals surface area contributed by atoms with Gasteiger partial charge in [-0.15, -0.1) is 0 Å². The first-order valence-corrected chi connectivity index (χ1v) is 11.5. The maximum atomic E-state index is 13.4. The average molecular weight is 413 g/mol. The molecule has 0 bridgehead atoms. The van der Waals surface area contributed by atoms with Crippen LogP contribution >= 0.6 is 0 Å². The number of nitrogens with zero attached hydrogens (tertiary/aromatic N) is 2. The van der Waals surface area contributed by atoms with Crippen LogP contribution in [-0.2, 0) is 9.59 Å². The number of hydrogen-bond donors (Lipinski definition) is 0. The van der Waals surface area contributed by atoms with E-state index in [2.05, 4.69) is 32.6 Å². The van der Waals surface area contributed by atoms with E-state index in [4.69, 9.17) is 4.74 Å². The van der Waals surface area contributed by atoms with Gasteiger partial charge in [-0.2, -0.15) is 0 Å². The summed E-state index contributed by atoms with van der Waals surface area (Å²) in [4.78, 5) is 30.4. The Labute approximate surface area is 181 Å². The van der Waals surface area contributed by atoms with Crippen molar-refractivity contribution < 1.29 is 14.3 Å². The summed E-state index contributed by atoms with van der Waals surface area (Å²) in [6.45, 7) is 11.5. The van der Waals surface area contributed by atoms with E-state index in [1.54, 1.807) is 0 Å². The molecule has 2 atom stereocenters. The molecule has 5 heteroatoms. The molecule has 0 aromatic heterocycles. The van der Waals surface area contributed by atoms with E-state index in [0.717, 1.165) is 56.5 Å². The highest BCUT2D eigenvalue weighted by Crippen LogP contribution is 2.35. The summed E-state index contributed by atoms with van der Waals surface area (Å²) >= 11 is 0. The Bertz CT molecular complexity index is 774. The van der Waals surface area contributed by atoms with Crippen LogP contribution in [0.3, 0.4) is 0 Å².